The first-order valence-electron chi connectivity index (χ1n) is 24.9. The van der Waals surface area contributed by atoms with Gasteiger partial charge in [-0.2, -0.15) is 4.57 Å². The summed E-state index contributed by atoms with van der Waals surface area (Å²) in [5.41, 5.74) is 13.5. The highest BCUT2D eigenvalue weighted by molar-refractivity contribution is 8.01. The summed E-state index contributed by atoms with van der Waals surface area (Å²) >= 11 is 3.78. The molecule has 4 heterocycles. The van der Waals surface area contributed by atoms with Crippen LogP contribution in [0.1, 0.15) is 62.6 Å². The minimum atomic E-state index is -1.68. The molecule has 80 heavy (non-hydrogen) atoms. The van der Waals surface area contributed by atoms with E-state index in [9.17, 15) is 24.3 Å². The van der Waals surface area contributed by atoms with Crippen molar-refractivity contribution >= 4 is 81.1 Å². The number of aromatic hydroxyl groups is 1. The summed E-state index contributed by atoms with van der Waals surface area (Å²) in [7, 11) is 1.55. The number of esters is 2. The summed E-state index contributed by atoms with van der Waals surface area (Å²) in [6, 6.07) is 43.5. The summed E-state index contributed by atoms with van der Waals surface area (Å²) < 4.78 is 18.5. The maximum Gasteiger partial charge on any atom is 0.355 e. The molecule has 2 unspecified atom stereocenters. The van der Waals surface area contributed by atoms with Crippen LogP contribution in [0.3, 0.4) is 0 Å². The number of nitrogens with two attached hydrogens (primary N) is 2. The Labute approximate surface area is 481 Å². The lowest BCUT2D eigenvalue weighted by atomic mass is 9.77. The fourth-order valence-electron chi connectivity index (χ4n) is 8.74. The molecule has 414 valence electrons. The molecule has 7 N–H and O–H groups in total. The van der Waals surface area contributed by atoms with Gasteiger partial charge in [-0.25, -0.2) is 14.6 Å². The van der Waals surface area contributed by atoms with E-state index in [0.29, 0.717) is 32.9 Å². The summed E-state index contributed by atoms with van der Waals surface area (Å²) in [5, 5.41) is 22.6. The Bertz CT molecular complexity index is 3340. The number of aromatic nitrogens is 3. The lowest BCUT2D eigenvalue weighted by Gasteiger charge is -2.49. The monoisotopic (exact) mass is 1160 g/mol. The van der Waals surface area contributed by atoms with Gasteiger partial charge in [-0.3, -0.25) is 14.5 Å². The molecule has 0 radical (unpaired) electrons. The van der Waals surface area contributed by atoms with Crippen molar-refractivity contribution in [1.82, 2.24) is 20.2 Å². The van der Waals surface area contributed by atoms with Crippen molar-refractivity contribution < 1.29 is 60.3 Å². The molecule has 1 fully saturated rings. The van der Waals surface area contributed by atoms with E-state index in [4.69, 9.17) is 35.5 Å². The Kier molecular flexibility index (Phi) is 17.8. The first-order chi connectivity index (χ1) is 37.8. The van der Waals surface area contributed by atoms with E-state index < -0.39 is 51.9 Å². The number of nitrogens with zero attached hydrogens (tertiary/aromatic N) is 5. The van der Waals surface area contributed by atoms with Gasteiger partial charge in [-0.15, -0.1) is 23.1 Å². The Morgan fingerprint density at radius 2 is 1.45 bits per heavy atom. The number of β-lactam (4-membered cyclic amide) rings is 1. The van der Waals surface area contributed by atoms with Crippen LogP contribution in [0.5, 0.6) is 11.5 Å². The molecule has 0 spiro atoms. The van der Waals surface area contributed by atoms with Crippen LogP contribution in [0.2, 0.25) is 0 Å². The zero-order valence-corrected chi connectivity index (χ0v) is 47.6. The average molecular weight is 1160 g/mol. The first-order valence-corrected chi connectivity index (χ1v) is 27.8. The molecule has 2 aliphatic rings. The number of anilines is 3. The van der Waals surface area contributed by atoms with Crippen molar-refractivity contribution in [1.29, 1.82) is 0 Å². The Morgan fingerprint density at radius 3 is 2.02 bits per heavy atom. The lowest BCUT2D eigenvalue weighted by Crippen LogP contribution is -3.00. The normalized spacial score (nSPS) is 15.4. The Balaban J connectivity index is 0.00000841. The van der Waals surface area contributed by atoms with E-state index in [0.717, 1.165) is 16.7 Å². The van der Waals surface area contributed by atoms with Gasteiger partial charge in [0.2, 0.25) is 17.2 Å². The second-order valence-electron chi connectivity index (χ2n) is 19.8. The number of thiazole rings is 1. The lowest BCUT2D eigenvalue weighted by molar-refractivity contribution is -0.626. The van der Waals surface area contributed by atoms with Crippen molar-refractivity contribution in [3.8, 4) is 17.2 Å². The van der Waals surface area contributed by atoms with E-state index in [-0.39, 0.29) is 65.0 Å². The average Bonchev–Trinajstić information content (AvgIpc) is 3.95. The topological polar surface area (TPSA) is 247 Å². The summed E-state index contributed by atoms with van der Waals surface area (Å²) in [5.74, 6) is -1.44. The van der Waals surface area contributed by atoms with E-state index in [1.807, 2.05) is 91.0 Å². The maximum absolute atomic E-state index is 14.9. The first kappa shape index (κ1) is 58.0. The van der Waals surface area contributed by atoms with Gasteiger partial charge in [0.05, 0.1) is 13.2 Å². The number of phenols is 1. The fourth-order valence-corrected chi connectivity index (χ4v) is 12.0. The van der Waals surface area contributed by atoms with Crippen molar-refractivity contribution in [2.24, 2.45) is 5.16 Å². The number of nitrogens with one attached hydrogen (secondary N) is 2. The number of benzene rings is 5. The number of hydrogen-bond donors (Lipinski definition) is 5. The number of thioether (sulfide) groups is 2. The van der Waals surface area contributed by atoms with Gasteiger partial charge in [0, 0.05) is 16.9 Å². The molecule has 2 aromatic heterocycles. The van der Waals surface area contributed by atoms with Crippen LogP contribution in [-0.4, -0.2) is 90.7 Å². The maximum atomic E-state index is 14.9. The quantitative estimate of drug-likeness (QED) is 0.0103. The van der Waals surface area contributed by atoms with Gasteiger partial charge >= 0.3 is 17.1 Å². The van der Waals surface area contributed by atoms with E-state index >= 15 is 0 Å². The van der Waals surface area contributed by atoms with Crippen LogP contribution in [-0.2, 0) is 45.6 Å². The summed E-state index contributed by atoms with van der Waals surface area (Å²) in [6.07, 6.45) is 0. The van der Waals surface area contributed by atoms with E-state index in [2.05, 4.69) is 20.8 Å². The molecular formula is C58H58ClN9O9S3. The molecular weight excluding hydrogens is 1100 g/mol. The highest BCUT2D eigenvalue weighted by atomic mass is 35.5. The van der Waals surface area contributed by atoms with Crippen molar-refractivity contribution in [3.63, 3.8) is 0 Å². The van der Waals surface area contributed by atoms with Crippen LogP contribution in [0.25, 0.3) is 5.69 Å². The molecule has 0 saturated carbocycles. The highest BCUT2D eigenvalue weighted by Gasteiger charge is 2.55. The standard InChI is InChI=1S/C58H57N9O9S3.ClH/c1-56(2,3)75-53(72)57(4,5)76-65-46(43-34-78-54(61-43)64-58(37-16-10-7-11-17-37,38-18-12-8-13-19-38)39-20-14-9-15-21-39)49(69)63-47-50(70)67-48(52(71)74-31-35-22-28-42(73-6)29-23-35)36(32-77-51(47)67)33-79-55-62-44(59)30-45(60)66(55)40-24-26-41(68)27-25-40;/h7-30,34,47,51H,31-33H2,1-6H3,(H6,59,60,61,63,64,68,69);1H/b65-46-;. The number of methoxy groups -OCH3 is 1. The molecule has 2 amide bonds. The number of halogens is 1. The molecule has 18 nitrogen and oxygen atoms in total. The smallest absolute Gasteiger partial charge is 0.355 e. The fraction of sp³-hybridized carbons (Fsp3) is 0.241. The number of hydrogen-bond acceptors (Lipinski definition) is 18. The molecule has 7 aromatic rings. The number of fused-ring (bicyclic) bond motifs is 1. The van der Waals surface area contributed by atoms with Crippen LogP contribution < -0.4 is 43.8 Å². The van der Waals surface area contributed by atoms with Gasteiger partial charge in [0.15, 0.2) is 10.8 Å². The predicted octanol–water partition coefficient (Wildman–Crippen LogP) is 5.13. The van der Waals surface area contributed by atoms with Crippen LogP contribution in [0.4, 0.5) is 16.8 Å². The zero-order valence-electron chi connectivity index (χ0n) is 44.4. The largest absolute Gasteiger partial charge is 1.00 e. The van der Waals surface area contributed by atoms with Crippen molar-refractivity contribution in [3.05, 3.63) is 190 Å². The third-order valence-electron chi connectivity index (χ3n) is 12.6. The zero-order chi connectivity index (χ0) is 56.1. The number of phenolic OH excluding ortho intramolecular Hbond substituents is 1. The van der Waals surface area contributed by atoms with Gasteiger partial charge in [0.1, 0.15) is 57.7 Å². The van der Waals surface area contributed by atoms with Crippen molar-refractivity contribution in [2.45, 2.75) is 74.5 Å². The second kappa shape index (κ2) is 24.5. The van der Waals surface area contributed by atoms with Crippen LogP contribution in [0.15, 0.2) is 173 Å². The third-order valence-corrected chi connectivity index (χ3v) is 15.8. The molecule has 0 bridgehead atoms. The molecule has 1 saturated heterocycles. The molecule has 2 atom stereocenters. The second-order valence-corrected chi connectivity index (χ2v) is 22.7. The van der Waals surface area contributed by atoms with Gasteiger partial charge in [-0.1, -0.05) is 113 Å². The van der Waals surface area contributed by atoms with Crippen molar-refractivity contribution in [2.75, 3.05) is 35.4 Å². The minimum absolute atomic E-state index is 0. The molecule has 9 rings (SSSR count). The number of ether oxygens (including phenoxy) is 3. The molecule has 2 aliphatic heterocycles. The number of carbonyl (C=O) groups excluding carboxylic acids is 4. The number of nitrogen functional groups attached to an aromatic ring is 2. The molecule has 22 heteroatoms. The number of carbonyl (C=O) groups is 4. The summed E-state index contributed by atoms with van der Waals surface area (Å²) in [6.45, 7) is 7.99. The molecule has 5 aromatic carbocycles. The van der Waals surface area contributed by atoms with Gasteiger partial charge < -0.3 is 58.7 Å². The molecule has 0 aliphatic carbocycles. The Morgan fingerprint density at radius 1 is 0.850 bits per heavy atom. The number of amides is 2. The third kappa shape index (κ3) is 12.7. The van der Waals surface area contributed by atoms with Crippen LogP contribution in [0, 0.1) is 0 Å². The summed E-state index contributed by atoms with van der Waals surface area (Å²) in [4.78, 5) is 74.1. The van der Waals surface area contributed by atoms with E-state index in [1.54, 1.807) is 74.2 Å². The number of oxime groups is 1. The Hall–Kier alpha value is -8.11. The SMILES string of the molecule is COc1ccc(COC(=O)C2=C(CSc3nc(N)cc(N)[n+]3-c3ccc(O)cc3)CSC3C(NC(=O)/C(=N\OC(C)(C)C(=O)OC(C)(C)C)c4csc(NC(c5ccccc5)(c5ccccc5)c5ccccc5)n4)C(=O)N23)cc1.[Cl-]. The van der Waals surface area contributed by atoms with Gasteiger partial charge in [-0.05, 0) is 111 Å². The van der Waals surface area contributed by atoms with Crippen LogP contribution >= 0.6 is 34.9 Å². The van der Waals surface area contributed by atoms with E-state index in [1.165, 1.54) is 71.8 Å². The highest BCUT2D eigenvalue weighted by Crippen LogP contribution is 2.43. The number of rotatable bonds is 19. The van der Waals surface area contributed by atoms with Gasteiger partial charge in [0.25, 0.3) is 11.8 Å². The minimum Gasteiger partial charge on any atom is -1.00 e. The predicted molar refractivity (Wildman–Crippen MR) is 304 cm³/mol.